The molecule has 0 spiro atoms. The fraction of sp³-hybridized carbons (Fsp3) is 0.167. The number of benzene rings is 1. The molecule has 1 heterocycles. The van der Waals surface area contributed by atoms with Gasteiger partial charge in [0.15, 0.2) is 11.6 Å². The van der Waals surface area contributed by atoms with Crippen molar-refractivity contribution in [3.63, 3.8) is 0 Å². The Morgan fingerprint density at radius 3 is 2.36 bits per heavy atom. The van der Waals surface area contributed by atoms with Gasteiger partial charge in [-0.3, -0.25) is 0 Å². The van der Waals surface area contributed by atoms with Crippen molar-refractivity contribution in [1.82, 2.24) is 9.97 Å². The first kappa shape index (κ1) is 15.8. The van der Waals surface area contributed by atoms with Crippen LogP contribution in [0.4, 0.5) is 11.8 Å². The molecule has 6 N–H and O–H groups in total. The van der Waals surface area contributed by atoms with Crippen LogP contribution in [0.25, 0.3) is 0 Å². The standard InChI is InChI=1S/C12H15N5O4S/c1-6-3-8(20-2)10(22(15,18)19)4-7(6)21-9-5-16-12(14)17-11(9)13/h3-5H,1-2H3,(H2,15,18,19)(H4,13,14,16,17). The fourth-order valence-corrected chi connectivity index (χ4v) is 2.42. The number of sulfonamides is 1. The number of methoxy groups -OCH3 is 1. The van der Waals surface area contributed by atoms with Gasteiger partial charge < -0.3 is 20.9 Å². The Morgan fingerprint density at radius 2 is 1.82 bits per heavy atom. The van der Waals surface area contributed by atoms with Gasteiger partial charge in [0.2, 0.25) is 16.0 Å². The molecule has 10 heteroatoms. The lowest BCUT2D eigenvalue weighted by Crippen LogP contribution is -2.14. The van der Waals surface area contributed by atoms with Crippen LogP contribution in [0.15, 0.2) is 23.2 Å². The van der Waals surface area contributed by atoms with Gasteiger partial charge in [0.25, 0.3) is 0 Å². The summed E-state index contributed by atoms with van der Waals surface area (Å²) < 4.78 is 33.8. The van der Waals surface area contributed by atoms with Crippen molar-refractivity contribution in [3.05, 3.63) is 23.9 Å². The second kappa shape index (κ2) is 5.66. The van der Waals surface area contributed by atoms with E-state index in [4.69, 9.17) is 26.1 Å². The molecule has 118 valence electrons. The molecule has 0 saturated heterocycles. The number of aryl methyl sites for hydroxylation is 1. The zero-order chi connectivity index (χ0) is 16.5. The highest BCUT2D eigenvalue weighted by Gasteiger charge is 2.19. The molecule has 0 aliphatic carbocycles. The quantitative estimate of drug-likeness (QED) is 0.729. The van der Waals surface area contributed by atoms with E-state index in [1.807, 2.05) is 0 Å². The number of rotatable bonds is 4. The number of nitrogens with two attached hydrogens (primary N) is 3. The molecule has 9 nitrogen and oxygen atoms in total. The molecule has 1 aromatic heterocycles. The maximum absolute atomic E-state index is 11.6. The third-order valence-electron chi connectivity index (χ3n) is 2.79. The van der Waals surface area contributed by atoms with Crippen LogP contribution in [0.3, 0.4) is 0 Å². The first-order valence-electron chi connectivity index (χ1n) is 5.99. The molecular weight excluding hydrogens is 310 g/mol. The predicted octanol–water partition coefficient (Wildman–Crippen LogP) is 0.398. The number of hydrogen-bond acceptors (Lipinski definition) is 8. The number of hydrogen-bond donors (Lipinski definition) is 3. The summed E-state index contributed by atoms with van der Waals surface area (Å²) in [5.74, 6) is 0.517. The molecule has 22 heavy (non-hydrogen) atoms. The molecule has 0 fully saturated rings. The molecule has 1 aromatic carbocycles. The average molecular weight is 325 g/mol. The Labute approximate surface area is 127 Å². The van der Waals surface area contributed by atoms with Crippen molar-refractivity contribution in [2.24, 2.45) is 5.14 Å². The number of nitrogen functional groups attached to an aromatic ring is 2. The highest BCUT2D eigenvalue weighted by Crippen LogP contribution is 2.34. The fourth-order valence-electron chi connectivity index (χ4n) is 1.73. The Kier molecular flexibility index (Phi) is 4.06. The number of nitrogens with zero attached hydrogens (tertiary/aromatic N) is 2. The SMILES string of the molecule is COc1cc(C)c(Oc2cnc(N)nc2N)cc1S(N)(=O)=O. The minimum atomic E-state index is -3.98. The van der Waals surface area contributed by atoms with Gasteiger partial charge in [-0.1, -0.05) is 0 Å². The van der Waals surface area contributed by atoms with Gasteiger partial charge >= 0.3 is 0 Å². The summed E-state index contributed by atoms with van der Waals surface area (Å²) in [4.78, 5) is 7.32. The second-order valence-electron chi connectivity index (χ2n) is 4.39. The largest absolute Gasteiger partial charge is 0.495 e. The van der Waals surface area contributed by atoms with E-state index < -0.39 is 10.0 Å². The van der Waals surface area contributed by atoms with Crippen molar-refractivity contribution in [2.75, 3.05) is 18.6 Å². The summed E-state index contributed by atoms with van der Waals surface area (Å²) in [6.07, 6.45) is 1.29. The summed E-state index contributed by atoms with van der Waals surface area (Å²) in [7, 11) is -2.64. The minimum absolute atomic E-state index is 0.00141. The third kappa shape index (κ3) is 3.18. The molecule has 2 rings (SSSR count). The van der Waals surface area contributed by atoms with Crippen LogP contribution in [0.2, 0.25) is 0 Å². The van der Waals surface area contributed by atoms with E-state index in [2.05, 4.69) is 9.97 Å². The van der Waals surface area contributed by atoms with Gasteiger partial charge in [0.1, 0.15) is 16.4 Å². The van der Waals surface area contributed by atoms with E-state index in [9.17, 15) is 8.42 Å². The first-order chi connectivity index (χ1) is 10.2. The zero-order valence-corrected chi connectivity index (χ0v) is 12.7. The Hall–Kier alpha value is -2.59. The Bertz CT molecular complexity index is 823. The minimum Gasteiger partial charge on any atom is -0.495 e. The molecule has 0 amide bonds. The van der Waals surface area contributed by atoms with Gasteiger partial charge in [0, 0.05) is 6.07 Å². The topological polar surface area (TPSA) is 156 Å². The monoisotopic (exact) mass is 325 g/mol. The highest BCUT2D eigenvalue weighted by molar-refractivity contribution is 7.89. The van der Waals surface area contributed by atoms with Gasteiger partial charge in [-0.05, 0) is 18.6 Å². The van der Waals surface area contributed by atoms with E-state index in [1.165, 1.54) is 25.4 Å². The van der Waals surface area contributed by atoms with E-state index >= 15 is 0 Å². The summed E-state index contributed by atoms with van der Waals surface area (Å²) in [5.41, 5.74) is 11.7. The summed E-state index contributed by atoms with van der Waals surface area (Å²) in [5, 5.41) is 5.17. The smallest absolute Gasteiger partial charge is 0.241 e. The zero-order valence-electron chi connectivity index (χ0n) is 11.9. The van der Waals surface area contributed by atoms with E-state index in [-0.39, 0.29) is 33.9 Å². The molecule has 0 radical (unpaired) electrons. The average Bonchev–Trinajstić information content (AvgIpc) is 2.42. The summed E-state index contributed by atoms with van der Waals surface area (Å²) >= 11 is 0. The van der Waals surface area contributed by atoms with E-state index in [0.717, 1.165) is 0 Å². The second-order valence-corrected chi connectivity index (χ2v) is 5.92. The molecule has 0 unspecified atom stereocenters. The lowest BCUT2D eigenvalue weighted by atomic mass is 10.2. The lowest BCUT2D eigenvalue weighted by molar-refractivity contribution is 0.399. The molecule has 0 saturated carbocycles. The maximum atomic E-state index is 11.6. The maximum Gasteiger partial charge on any atom is 0.241 e. The van der Waals surface area contributed by atoms with Crippen molar-refractivity contribution in [2.45, 2.75) is 11.8 Å². The first-order valence-corrected chi connectivity index (χ1v) is 7.54. The third-order valence-corrected chi connectivity index (χ3v) is 3.72. The van der Waals surface area contributed by atoms with Crippen molar-refractivity contribution in [1.29, 1.82) is 0 Å². The normalized spacial score (nSPS) is 11.2. The predicted molar refractivity (Wildman–Crippen MR) is 80.0 cm³/mol. The van der Waals surface area contributed by atoms with Crippen molar-refractivity contribution >= 4 is 21.8 Å². The number of ether oxygens (including phenoxy) is 2. The van der Waals surface area contributed by atoms with Crippen LogP contribution < -0.4 is 26.1 Å². The van der Waals surface area contributed by atoms with E-state index in [1.54, 1.807) is 6.92 Å². The van der Waals surface area contributed by atoms with Crippen molar-refractivity contribution in [3.8, 4) is 17.2 Å². The van der Waals surface area contributed by atoms with Crippen LogP contribution in [-0.4, -0.2) is 25.5 Å². The molecule has 0 bridgehead atoms. The molecule has 0 atom stereocenters. The van der Waals surface area contributed by atoms with Gasteiger partial charge in [-0.25, -0.2) is 18.5 Å². The van der Waals surface area contributed by atoms with Gasteiger partial charge in [-0.2, -0.15) is 4.98 Å². The van der Waals surface area contributed by atoms with Crippen LogP contribution in [0.1, 0.15) is 5.56 Å². The lowest BCUT2D eigenvalue weighted by Gasteiger charge is -2.14. The highest BCUT2D eigenvalue weighted by atomic mass is 32.2. The van der Waals surface area contributed by atoms with Crippen molar-refractivity contribution < 1.29 is 17.9 Å². The Morgan fingerprint density at radius 1 is 1.14 bits per heavy atom. The number of aromatic nitrogens is 2. The molecule has 0 aliphatic rings. The molecule has 0 aliphatic heterocycles. The molecular formula is C12H15N5O4S. The van der Waals surface area contributed by atoms with E-state index in [0.29, 0.717) is 5.56 Å². The number of primary sulfonamides is 1. The molecule has 2 aromatic rings. The van der Waals surface area contributed by atoms with Crippen LogP contribution in [-0.2, 0) is 10.0 Å². The number of anilines is 2. The van der Waals surface area contributed by atoms with Gasteiger partial charge in [-0.15, -0.1) is 0 Å². The van der Waals surface area contributed by atoms with Crippen LogP contribution in [0, 0.1) is 6.92 Å². The summed E-state index contributed by atoms with van der Waals surface area (Å²) in [6.45, 7) is 1.71. The summed E-state index contributed by atoms with van der Waals surface area (Å²) in [6, 6.07) is 2.74. The van der Waals surface area contributed by atoms with Crippen LogP contribution >= 0.6 is 0 Å². The van der Waals surface area contributed by atoms with Crippen LogP contribution in [0.5, 0.6) is 17.2 Å². The van der Waals surface area contributed by atoms with Gasteiger partial charge in [0.05, 0.1) is 13.3 Å². The Balaban J connectivity index is 2.52.